The second-order valence-corrected chi connectivity index (χ2v) is 3.88. The summed E-state index contributed by atoms with van der Waals surface area (Å²) in [5.41, 5.74) is 0.764. The Kier molecular flexibility index (Phi) is 2.95. The van der Waals surface area contributed by atoms with E-state index in [-0.39, 0.29) is 11.7 Å². The molecule has 1 aliphatic heterocycles. The van der Waals surface area contributed by atoms with E-state index in [4.69, 9.17) is 4.74 Å². The van der Waals surface area contributed by atoms with E-state index < -0.39 is 4.92 Å². The number of hydrogen-bond donors (Lipinski definition) is 1. The van der Waals surface area contributed by atoms with E-state index in [1.165, 1.54) is 19.2 Å². The second-order valence-electron chi connectivity index (χ2n) is 3.88. The van der Waals surface area contributed by atoms with Gasteiger partial charge < -0.3 is 10.1 Å². The molecule has 2 rings (SSSR count). The Morgan fingerprint density at radius 2 is 2.35 bits per heavy atom. The highest BCUT2D eigenvalue weighted by Gasteiger charge is 2.19. The number of ether oxygens (including phenoxy) is 1. The summed E-state index contributed by atoms with van der Waals surface area (Å²) >= 11 is 0. The first-order valence-electron chi connectivity index (χ1n) is 5.25. The van der Waals surface area contributed by atoms with E-state index in [1.807, 2.05) is 6.92 Å². The predicted molar refractivity (Wildman–Crippen MR) is 63.7 cm³/mol. The Morgan fingerprint density at radius 1 is 1.59 bits per heavy atom. The minimum atomic E-state index is -0.446. The third kappa shape index (κ3) is 2.20. The minimum absolute atomic E-state index is 0.0113. The molecule has 0 saturated heterocycles. The van der Waals surface area contributed by atoms with Crippen LogP contribution in [0, 0.1) is 10.1 Å². The standard InChI is InChI=1S/C11H13N3O3/c1-7-6-12-11(13-7)9-4-3-8(14(15)16)5-10(9)17-2/h3-5,7H,6H2,1-2H3,(H,12,13). The number of aliphatic imine (C=N–C) groups is 1. The van der Waals surface area contributed by atoms with E-state index in [0.29, 0.717) is 12.3 Å². The van der Waals surface area contributed by atoms with Gasteiger partial charge in [-0.25, -0.2) is 0 Å². The van der Waals surface area contributed by atoms with Gasteiger partial charge in [0.15, 0.2) is 0 Å². The van der Waals surface area contributed by atoms with Crippen molar-refractivity contribution in [3.63, 3.8) is 0 Å². The number of hydrogen-bond acceptors (Lipinski definition) is 5. The molecular weight excluding hydrogens is 222 g/mol. The van der Waals surface area contributed by atoms with Crippen LogP contribution in [0.25, 0.3) is 0 Å². The summed E-state index contributed by atoms with van der Waals surface area (Å²) in [5, 5.41) is 13.9. The molecule has 0 aliphatic carbocycles. The molecule has 1 atom stereocenters. The summed E-state index contributed by atoms with van der Waals surface area (Å²) in [4.78, 5) is 14.5. The van der Waals surface area contributed by atoms with Crippen molar-refractivity contribution in [1.29, 1.82) is 0 Å². The maximum Gasteiger partial charge on any atom is 0.273 e. The molecule has 17 heavy (non-hydrogen) atoms. The molecule has 1 aliphatic rings. The fraction of sp³-hybridized carbons (Fsp3) is 0.364. The molecule has 0 aromatic heterocycles. The van der Waals surface area contributed by atoms with E-state index in [2.05, 4.69) is 10.3 Å². The van der Waals surface area contributed by atoms with Crippen molar-refractivity contribution < 1.29 is 9.66 Å². The Balaban J connectivity index is 2.38. The van der Waals surface area contributed by atoms with Crippen molar-refractivity contribution in [3.05, 3.63) is 33.9 Å². The third-order valence-electron chi connectivity index (χ3n) is 2.56. The third-order valence-corrected chi connectivity index (χ3v) is 2.56. The summed E-state index contributed by atoms with van der Waals surface area (Å²) in [5.74, 6) is 1.18. The first-order valence-corrected chi connectivity index (χ1v) is 5.25. The van der Waals surface area contributed by atoms with Crippen LogP contribution in [-0.4, -0.2) is 30.5 Å². The lowest BCUT2D eigenvalue weighted by Gasteiger charge is -2.10. The van der Waals surface area contributed by atoms with Gasteiger partial charge >= 0.3 is 0 Å². The number of amidine groups is 1. The molecule has 1 aromatic rings. The van der Waals surface area contributed by atoms with E-state index >= 15 is 0 Å². The van der Waals surface area contributed by atoms with Crippen LogP contribution in [0.15, 0.2) is 23.2 Å². The highest BCUT2D eigenvalue weighted by Crippen LogP contribution is 2.25. The average Bonchev–Trinajstić information content (AvgIpc) is 2.74. The van der Waals surface area contributed by atoms with Crippen LogP contribution in [0.2, 0.25) is 0 Å². The molecule has 1 heterocycles. The zero-order valence-electron chi connectivity index (χ0n) is 9.64. The van der Waals surface area contributed by atoms with Gasteiger partial charge in [0, 0.05) is 12.1 Å². The number of methoxy groups -OCH3 is 1. The molecule has 6 heteroatoms. The molecular formula is C11H13N3O3. The molecule has 0 spiro atoms. The molecule has 0 fully saturated rings. The van der Waals surface area contributed by atoms with Gasteiger partial charge in [-0.15, -0.1) is 0 Å². The number of non-ortho nitro benzene ring substituents is 1. The van der Waals surface area contributed by atoms with Gasteiger partial charge in [-0.05, 0) is 13.0 Å². The van der Waals surface area contributed by atoms with Gasteiger partial charge in [0.25, 0.3) is 5.69 Å². The molecule has 6 nitrogen and oxygen atoms in total. The van der Waals surface area contributed by atoms with Crippen molar-refractivity contribution in [1.82, 2.24) is 5.32 Å². The molecule has 1 N–H and O–H groups in total. The summed E-state index contributed by atoms with van der Waals surface area (Å²) in [6.07, 6.45) is 0. The van der Waals surface area contributed by atoms with Gasteiger partial charge in [-0.3, -0.25) is 15.1 Å². The van der Waals surface area contributed by atoms with Gasteiger partial charge in [-0.2, -0.15) is 0 Å². The van der Waals surface area contributed by atoms with Crippen LogP contribution >= 0.6 is 0 Å². The summed E-state index contributed by atoms with van der Waals surface area (Å²) in [6, 6.07) is 4.79. The van der Waals surface area contributed by atoms with Crippen LogP contribution in [0.1, 0.15) is 12.5 Å². The quantitative estimate of drug-likeness (QED) is 0.633. The van der Waals surface area contributed by atoms with E-state index in [9.17, 15) is 10.1 Å². The minimum Gasteiger partial charge on any atom is -0.496 e. The largest absolute Gasteiger partial charge is 0.496 e. The predicted octanol–water partition coefficient (Wildman–Crippen LogP) is 1.34. The maximum absolute atomic E-state index is 10.7. The maximum atomic E-state index is 10.7. The van der Waals surface area contributed by atoms with Crippen LogP contribution < -0.4 is 10.1 Å². The molecule has 90 valence electrons. The SMILES string of the molecule is COc1cc([N+](=O)[O-])ccc1C1=NCC(C)N1. The van der Waals surface area contributed by atoms with Gasteiger partial charge in [0.2, 0.25) is 0 Å². The lowest BCUT2D eigenvalue weighted by molar-refractivity contribution is -0.384. The topological polar surface area (TPSA) is 76.8 Å². The van der Waals surface area contributed by atoms with Crippen molar-refractivity contribution in [2.45, 2.75) is 13.0 Å². The lowest BCUT2D eigenvalue weighted by Crippen LogP contribution is -2.28. The monoisotopic (exact) mass is 235 g/mol. The second kappa shape index (κ2) is 4.40. The fourth-order valence-corrected chi connectivity index (χ4v) is 1.70. The van der Waals surface area contributed by atoms with Crippen LogP contribution in [0.4, 0.5) is 5.69 Å². The zero-order valence-corrected chi connectivity index (χ0v) is 9.64. The van der Waals surface area contributed by atoms with Crippen LogP contribution in [0.3, 0.4) is 0 Å². The Hall–Kier alpha value is -2.11. The molecule has 0 radical (unpaired) electrons. The first kappa shape index (κ1) is 11.4. The zero-order chi connectivity index (χ0) is 12.4. The smallest absolute Gasteiger partial charge is 0.273 e. The number of nitrogens with zero attached hydrogens (tertiary/aromatic N) is 2. The Labute approximate surface area is 98.5 Å². The van der Waals surface area contributed by atoms with Crippen molar-refractivity contribution >= 4 is 11.5 Å². The highest BCUT2D eigenvalue weighted by molar-refractivity contribution is 6.02. The number of benzene rings is 1. The number of nitro benzene ring substituents is 1. The molecule has 0 amide bonds. The first-order chi connectivity index (χ1) is 8.11. The van der Waals surface area contributed by atoms with Gasteiger partial charge in [-0.1, -0.05) is 0 Å². The Bertz CT molecular complexity index is 485. The lowest BCUT2D eigenvalue weighted by atomic mass is 10.1. The summed E-state index contributed by atoms with van der Waals surface area (Å²) in [6.45, 7) is 2.73. The Morgan fingerprint density at radius 3 is 2.88 bits per heavy atom. The molecule has 0 bridgehead atoms. The summed E-state index contributed by atoms with van der Waals surface area (Å²) < 4.78 is 5.16. The molecule has 0 saturated carbocycles. The van der Waals surface area contributed by atoms with Crippen molar-refractivity contribution in [3.8, 4) is 5.75 Å². The average molecular weight is 235 g/mol. The van der Waals surface area contributed by atoms with Crippen LogP contribution in [-0.2, 0) is 0 Å². The fourth-order valence-electron chi connectivity index (χ4n) is 1.70. The number of nitro groups is 1. The molecule has 1 aromatic carbocycles. The number of nitrogens with one attached hydrogen (secondary N) is 1. The van der Waals surface area contributed by atoms with Crippen molar-refractivity contribution in [2.75, 3.05) is 13.7 Å². The summed E-state index contributed by atoms with van der Waals surface area (Å²) in [7, 11) is 1.49. The van der Waals surface area contributed by atoms with Crippen molar-refractivity contribution in [2.24, 2.45) is 4.99 Å². The van der Waals surface area contributed by atoms with Gasteiger partial charge in [0.1, 0.15) is 11.6 Å². The van der Waals surface area contributed by atoms with Gasteiger partial charge in [0.05, 0.1) is 30.2 Å². The van der Waals surface area contributed by atoms with E-state index in [1.54, 1.807) is 6.07 Å². The van der Waals surface area contributed by atoms with Crippen LogP contribution in [0.5, 0.6) is 5.75 Å². The highest BCUT2D eigenvalue weighted by atomic mass is 16.6. The normalized spacial score (nSPS) is 18.5. The van der Waals surface area contributed by atoms with E-state index in [0.717, 1.165) is 11.4 Å². The molecule has 1 unspecified atom stereocenters. The number of rotatable bonds is 3.